The van der Waals surface area contributed by atoms with Crippen molar-refractivity contribution in [3.05, 3.63) is 24.0 Å². The lowest BCUT2D eigenvalue weighted by molar-refractivity contribution is -0.144. The zero-order valence-corrected chi connectivity index (χ0v) is 9.98. The van der Waals surface area contributed by atoms with Crippen LogP contribution in [-0.4, -0.2) is 17.1 Å². The lowest BCUT2D eigenvalue weighted by atomic mass is 10.2. The molecule has 4 nitrogen and oxygen atoms in total. The summed E-state index contributed by atoms with van der Waals surface area (Å²) in [6.45, 7) is 4.75. The van der Waals surface area contributed by atoms with Gasteiger partial charge in [0.05, 0.1) is 6.61 Å². The normalized spacial score (nSPS) is 12.4. The van der Waals surface area contributed by atoms with Crippen molar-refractivity contribution in [2.45, 2.75) is 39.3 Å². The number of esters is 1. The molecule has 1 rings (SSSR count). The number of aromatic nitrogens is 1. The monoisotopic (exact) mass is 224 g/mol. The van der Waals surface area contributed by atoms with E-state index in [0.29, 0.717) is 6.61 Å². The second-order valence-electron chi connectivity index (χ2n) is 3.98. The van der Waals surface area contributed by atoms with Crippen LogP contribution in [0.1, 0.15) is 38.3 Å². The van der Waals surface area contributed by atoms with Gasteiger partial charge in [-0.15, -0.1) is 0 Å². The molecule has 0 radical (unpaired) electrons. The first kappa shape index (κ1) is 12.8. The van der Waals surface area contributed by atoms with Gasteiger partial charge in [-0.3, -0.25) is 4.79 Å². The van der Waals surface area contributed by atoms with Crippen LogP contribution in [-0.2, 0) is 16.1 Å². The highest BCUT2D eigenvalue weighted by Gasteiger charge is 2.06. The number of ether oxygens (including phenoxy) is 1. The minimum absolute atomic E-state index is 0.00244. The summed E-state index contributed by atoms with van der Waals surface area (Å²) >= 11 is 0. The summed E-state index contributed by atoms with van der Waals surface area (Å²) in [7, 11) is 0. The average molecular weight is 224 g/mol. The molecular weight excluding hydrogens is 204 g/mol. The van der Waals surface area contributed by atoms with Crippen LogP contribution in [0.5, 0.6) is 0 Å². The molecule has 0 aromatic carbocycles. The van der Waals surface area contributed by atoms with Crippen LogP contribution in [0.4, 0.5) is 0 Å². The van der Waals surface area contributed by atoms with Crippen LogP contribution in [0.2, 0.25) is 0 Å². The Hall–Kier alpha value is -1.29. The Kier molecular flexibility index (Phi) is 5.05. The third-order valence-corrected chi connectivity index (χ3v) is 2.37. The predicted molar refractivity (Wildman–Crippen MR) is 62.9 cm³/mol. The Balaban J connectivity index is 2.37. The Labute approximate surface area is 96.4 Å². The maximum Gasteiger partial charge on any atom is 0.325 e. The second kappa shape index (κ2) is 6.33. The van der Waals surface area contributed by atoms with Gasteiger partial charge in [0.1, 0.15) is 6.54 Å². The first-order chi connectivity index (χ1) is 7.63. The fraction of sp³-hybridized carbons (Fsp3) is 0.583. The first-order valence-corrected chi connectivity index (χ1v) is 5.70. The second-order valence-corrected chi connectivity index (χ2v) is 3.98. The molecule has 4 heteroatoms. The molecule has 90 valence electrons. The van der Waals surface area contributed by atoms with E-state index in [1.165, 1.54) is 0 Å². The van der Waals surface area contributed by atoms with E-state index < -0.39 is 0 Å². The molecule has 0 aliphatic heterocycles. The van der Waals surface area contributed by atoms with E-state index in [0.717, 1.165) is 18.4 Å². The highest BCUT2D eigenvalue weighted by molar-refractivity contribution is 5.69. The van der Waals surface area contributed by atoms with E-state index in [-0.39, 0.29) is 18.6 Å². The Bertz CT molecular complexity index is 332. The van der Waals surface area contributed by atoms with Crippen molar-refractivity contribution >= 4 is 5.97 Å². The molecule has 1 atom stereocenters. The molecule has 1 aromatic heterocycles. The summed E-state index contributed by atoms with van der Waals surface area (Å²) in [6, 6.07) is 1.92. The van der Waals surface area contributed by atoms with Crippen molar-refractivity contribution in [1.29, 1.82) is 0 Å². The van der Waals surface area contributed by atoms with Crippen molar-refractivity contribution in [3.8, 4) is 0 Å². The average Bonchev–Trinajstić information content (AvgIpc) is 2.66. The van der Waals surface area contributed by atoms with Gasteiger partial charge in [-0.05, 0) is 25.0 Å². The van der Waals surface area contributed by atoms with Crippen LogP contribution in [0, 0.1) is 0 Å². The highest BCUT2D eigenvalue weighted by atomic mass is 16.5. The van der Waals surface area contributed by atoms with Crippen LogP contribution in [0.15, 0.2) is 18.5 Å². The predicted octanol–water partition coefficient (Wildman–Crippen LogP) is 1.85. The van der Waals surface area contributed by atoms with Gasteiger partial charge in [-0.1, -0.05) is 13.3 Å². The van der Waals surface area contributed by atoms with Crippen LogP contribution in [0.3, 0.4) is 0 Å². The molecule has 0 fully saturated rings. The molecule has 1 heterocycles. The van der Waals surface area contributed by atoms with Crippen molar-refractivity contribution < 1.29 is 9.53 Å². The number of carbonyl (C=O) groups is 1. The van der Waals surface area contributed by atoms with E-state index in [1.54, 1.807) is 4.57 Å². The largest absolute Gasteiger partial charge is 0.464 e. The number of carbonyl (C=O) groups excluding carboxylic acids is 1. The number of hydrogen-bond acceptors (Lipinski definition) is 3. The Morgan fingerprint density at radius 3 is 2.94 bits per heavy atom. The molecule has 0 saturated carbocycles. The van der Waals surface area contributed by atoms with E-state index in [9.17, 15) is 4.79 Å². The molecule has 2 N–H and O–H groups in total. The van der Waals surface area contributed by atoms with Crippen molar-refractivity contribution in [2.75, 3.05) is 6.61 Å². The third-order valence-electron chi connectivity index (χ3n) is 2.37. The SMILES string of the molecule is CCCCOC(=O)Cn1ccc(C(C)N)c1. The summed E-state index contributed by atoms with van der Waals surface area (Å²) < 4.78 is 6.86. The number of nitrogens with two attached hydrogens (primary N) is 1. The van der Waals surface area contributed by atoms with E-state index in [1.807, 2.05) is 25.4 Å². The molecule has 0 aliphatic carbocycles. The van der Waals surface area contributed by atoms with Gasteiger partial charge < -0.3 is 15.0 Å². The van der Waals surface area contributed by atoms with Gasteiger partial charge in [-0.2, -0.15) is 0 Å². The molecule has 1 aromatic rings. The summed E-state index contributed by atoms with van der Waals surface area (Å²) in [4.78, 5) is 11.4. The van der Waals surface area contributed by atoms with Crippen molar-refractivity contribution in [1.82, 2.24) is 4.57 Å². The summed E-state index contributed by atoms with van der Waals surface area (Å²) in [5, 5.41) is 0. The number of nitrogens with zero attached hydrogens (tertiary/aromatic N) is 1. The maximum absolute atomic E-state index is 11.4. The minimum Gasteiger partial charge on any atom is -0.464 e. The quantitative estimate of drug-likeness (QED) is 0.592. The summed E-state index contributed by atoms with van der Waals surface area (Å²) in [5.41, 5.74) is 6.76. The molecule has 1 unspecified atom stereocenters. The Morgan fingerprint density at radius 1 is 1.62 bits per heavy atom. The van der Waals surface area contributed by atoms with Crippen LogP contribution in [0.25, 0.3) is 0 Å². The van der Waals surface area contributed by atoms with Crippen molar-refractivity contribution in [2.24, 2.45) is 5.73 Å². The van der Waals surface area contributed by atoms with Gasteiger partial charge in [0.25, 0.3) is 0 Å². The van der Waals surface area contributed by atoms with Crippen molar-refractivity contribution in [3.63, 3.8) is 0 Å². The maximum atomic E-state index is 11.4. The number of rotatable bonds is 6. The zero-order valence-electron chi connectivity index (χ0n) is 9.98. The standard InChI is InChI=1S/C12H20N2O2/c1-3-4-7-16-12(15)9-14-6-5-11(8-14)10(2)13/h5-6,8,10H,3-4,7,9,13H2,1-2H3. The molecule has 0 aliphatic rings. The topological polar surface area (TPSA) is 57.2 Å². The lowest BCUT2D eigenvalue weighted by Gasteiger charge is -2.05. The van der Waals surface area contributed by atoms with Gasteiger partial charge in [0, 0.05) is 18.4 Å². The molecular formula is C12H20N2O2. The van der Waals surface area contributed by atoms with Gasteiger partial charge in [0.2, 0.25) is 0 Å². The van der Waals surface area contributed by atoms with E-state index in [2.05, 4.69) is 6.92 Å². The van der Waals surface area contributed by atoms with Gasteiger partial charge in [0.15, 0.2) is 0 Å². The molecule has 0 bridgehead atoms. The first-order valence-electron chi connectivity index (χ1n) is 5.70. The zero-order chi connectivity index (χ0) is 12.0. The van der Waals surface area contributed by atoms with E-state index in [4.69, 9.17) is 10.5 Å². The molecule has 0 spiro atoms. The fourth-order valence-electron chi connectivity index (χ4n) is 1.35. The number of unbranched alkanes of at least 4 members (excludes halogenated alkanes) is 1. The molecule has 0 amide bonds. The van der Waals surface area contributed by atoms with Gasteiger partial charge in [-0.25, -0.2) is 0 Å². The summed E-state index contributed by atoms with van der Waals surface area (Å²) in [6.07, 6.45) is 5.68. The Morgan fingerprint density at radius 2 is 2.38 bits per heavy atom. The summed E-state index contributed by atoms with van der Waals surface area (Å²) in [5.74, 6) is -0.194. The molecule has 16 heavy (non-hydrogen) atoms. The van der Waals surface area contributed by atoms with Crippen LogP contribution >= 0.6 is 0 Å². The fourth-order valence-corrected chi connectivity index (χ4v) is 1.35. The van der Waals surface area contributed by atoms with E-state index >= 15 is 0 Å². The highest BCUT2D eigenvalue weighted by Crippen LogP contribution is 2.09. The lowest BCUT2D eigenvalue weighted by Crippen LogP contribution is -2.13. The molecule has 0 saturated heterocycles. The minimum atomic E-state index is -0.194. The third kappa shape index (κ3) is 4.06. The van der Waals surface area contributed by atoms with Gasteiger partial charge >= 0.3 is 5.97 Å². The smallest absolute Gasteiger partial charge is 0.325 e. The van der Waals surface area contributed by atoms with Crippen LogP contribution < -0.4 is 5.73 Å². The number of hydrogen-bond donors (Lipinski definition) is 1.